The van der Waals surface area contributed by atoms with Gasteiger partial charge in [0.05, 0.1) is 0 Å². The summed E-state index contributed by atoms with van der Waals surface area (Å²) in [5, 5.41) is 0. The summed E-state index contributed by atoms with van der Waals surface area (Å²) in [5.41, 5.74) is 8.24. The fourth-order valence-corrected chi connectivity index (χ4v) is 23.6. The van der Waals surface area contributed by atoms with Crippen molar-refractivity contribution in [3.8, 4) is 11.1 Å². The first-order chi connectivity index (χ1) is 19.0. The Kier molecular flexibility index (Phi) is 14.0. The molecule has 0 saturated carbocycles. The van der Waals surface area contributed by atoms with Gasteiger partial charge in [0.2, 0.25) is 0 Å². The molecule has 218 valence electrons. The molecule has 0 radical (unpaired) electrons. The van der Waals surface area contributed by atoms with E-state index in [4.69, 9.17) is 0 Å². The van der Waals surface area contributed by atoms with Crippen LogP contribution in [-0.2, 0) is 5.41 Å². The predicted octanol–water partition coefficient (Wildman–Crippen LogP) is 12.3. The second kappa shape index (κ2) is 16.6. The van der Waals surface area contributed by atoms with Crippen LogP contribution >= 0.6 is 0 Å². The van der Waals surface area contributed by atoms with Crippen molar-refractivity contribution >= 4 is 22.0 Å². The maximum absolute atomic E-state index is 2.88. The van der Waals surface area contributed by atoms with Crippen molar-refractivity contribution in [2.45, 2.75) is 163 Å². The first-order valence-electron chi connectivity index (χ1n) is 17.3. The van der Waals surface area contributed by atoms with Crippen molar-refractivity contribution in [1.29, 1.82) is 0 Å². The normalized spacial score (nSPS) is 14.0. The molecule has 0 bridgehead atoms. The van der Waals surface area contributed by atoms with Gasteiger partial charge >= 0.3 is 249 Å². The molecule has 2 aromatic carbocycles. The number of fused-ring (bicyclic) bond motifs is 3. The van der Waals surface area contributed by atoms with Crippen LogP contribution in [0.5, 0.6) is 0 Å². The first-order valence-corrected chi connectivity index (χ1v) is 24.8. The quantitative estimate of drug-likeness (QED) is 0.100. The van der Waals surface area contributed by atoms with E-state index >= 15 is 0 Å². The Morgan fingerprint density at radius 1 is 0.513 bits per heavy atom. The van der Waals surface area contributed by atoms with Gasteiger partial charge in [0.25, 0.3) is 0 Å². The Labute approximate surface area is 248 Å². The Hall–Kier alpha value is -0.761. The van der Waals surface area contributed by atoms with Crippen LogP contribution < -0.4 is 3.58 Å². The first kappa shape index (κ1) is 32.7. The molecular weight excluding hydrogens is 575 g/mol. The molecule has 0 atom stereocenters. The van der Waals surface area contributed by atoms with E-state index in [2.05, 4.69) is 77.9 Å². The van der Waals surface area contributed by atoms with Crippen LogP contribution in [0.25, 0.3) is 11.1 Å². The van der Waals surface area contributed by atoms with E-state index < -0.39 is 18.4 Å². The monoisotopic (exact) mass is 638 g/mol. The van der Waals surface area contributed by atoms with Gasteiger partial charge in [-0.1, -0.05) is 0 Å². The number of rotatable bonds is 20. The van der Waals surface area contributed by atoms with E-state index in [0.29, 0.717) is 0 Å². The van der Waals surface area contributed by atoms with Crippen LogP contribution in [0, 0.1) is 6.92 Å². The van der Waals surface area contributed by atoms with Crippen molar-refractivity contribution in [3.05, 3.63) is 53.1 Å². The zero-order valence-corrected chi connectivity index (χ0v) is 29.8. The van der Waals surface area contributed by atoms with Crippen molar-refractivity contribution in [3.63, 3.8) is 0 Å². The minimum absolute atomic E-state index is 0.228. The molecule has 3 rings (SSSR count). The molecule has 1 heteroatoms. The zero-order chi connectivity index (χ0) is 28.1. The van der Waals surface area contributed by atoms with E-state index in [0.717, 1.165) is 0 Å². The Bertz CT molecular complexity index is 952. The van der Waals surface area contributed by atoms with E-state index in [-0.39, 0.29) is 5.41 Å². The topological polar surface area (TPSA) is 0 Å². The molecule has 0 N–H and O–H groups in total. The Morgan fingerprint density at radius 3 is 1.46 bits per heavy atom. The molecule has 0 saturated heterocycles. The summed E-state index contributed by atoms with van der Waals surface area (Å²) in [6, 6.07) is 15.6. The molecular formula is C38H62Sn. The molecule has 0 fully saturated rings. The number of unbranched alkanes of at least 4 members (excludes halogenated alkanes) is 9. The van der Waals surface area contributed by atoms with Gasteiger partial charge in [-0.3, -0.25) is 0 Å². The maximum atomic E-state index is 2.88. The molecule has 0 spiro atoms. The molecule has 0 nitrogen and oxygen atoms in total. The summed E-state index contributed by atoms with van der Waals surface area (Å²) in [4.78, 5) is 0. The summed E-state index contributed by atoms with van der Waals surface area (Å²) in [7, 11) is 0. The van der Waals surface area contributed by atoms with Gasteiger partial charge in [0, 0.05) is 0 Å². The number of hydrogen-bond acceptors (Lipinski definition) is 0. The molecule has 0 aromatic heterocycles. The van der Waals surface area contributed by atoms with E-state index in [1.54, 1.807) is 35.6 Å². The van der Waals surface area contributed by atoms with E-state index in [9.17, 15) is 0 Å². The van der Waals surface area contributed by atoms with Crippen molar-refractivity contribution in [2.75, 3.05) is 0 Å². The molecule has 0 aliphatic heterocycles. The van der Waals surface area contributed by atoms with Crippen molar-refractivity contribution in [1.82, 2.24) is 0 Å². The summed E-state index contributed by atoms with van der Waals surface area (Å²) in [6.45, 7) is 14.3. The third-order valence-electron chi connectivity index (χ3n) is 10.1. The molecule has 39 heavy (non-hydrogen) atoms. The summed E-state index contributed by atoms with van der Waals surface area (Å²) in [6.07, 6.45) is 22.0. The average Bonchev–Trinajstić information content (AvgIpc) is 3.21. The third kappa shape index (κ3) is 7.96. The SMILES string of the molecule is CCCCCCC1(CCCCCC)c2cc(C)ccc2-c2cc[c]([Sn]([CH2]CCC)([CH2]CCC)[CH2]CCC)cc21. The second-order valence-corrected chi connectivity index (χ2v) is 26.3. The minimum atomic E-state index is -2.51. The van der Waals surface area contributed by atoms with Gasteiger partial charge in [0.15, 0.2) is 0 Å². The van der Waals surface area contributed by atoms with Gasteiger partial charge < -0.3 is 0 Å². The van der Waals surface area contributed by atoms with Gasteiger partial charge in [-0.2, -0.15) is 0 Å². The molecule has 0 amide bonds. The van der Waals surface area contributed by atoms with Crippen LogP contribution in [-0.4, -0.2) is 18.4 Å². The van der Waals surface area contributed by atoms with Crippen molar-refractivity contribution < 1.29 is 0 Å². The van der Waals surface area contributed by atoms with E-state index in [1.165, 1.54) is 108 Å². The standard InChI is InChI=1S/C26H35.3C4H9.Sn/c1-4-6-8-12-18-26(19-13-9-7-5-2)24-15-11-10-14-22(24)23-17-16-21(3)20-25(23)26;3*1-3-4-2;/h10,14-17,20H,4-9,12-13,18-19H2,1-3H3;3*1,3-4H2,2H3;. The average molecular weight is 638 g/mol. The van der Waals surface area contributed by atoms with Crippen LogP contribution in [0.1, 0.15) is 154 Å². The Morgan fingerprint density at radius 2 is 0.974 bits per heavy atom. The molecule has 0 unspecified atom stereocenters. The van der Waals surface area contributed by atoms with Gasteiger partial charge in [-0.05, 0) is 0 Å². The van der Waals surface area contributed by atoms with E-state index in [1.807, 2.05) is 3.58 Å². The summed E-state index contributed by atoms with van der Waals surface area (Å²) >= 11 is -2.51. The van der Waals surface area contributed by atoms with Crippen molar-refractivity contribution in [2.24, 2.45) is 0 Å². The number of hydrogen-bond donors (Lipinski definition) is 0. The fourth-order valence-electron chi connectivity index (χ4n) is 7.66. The van der Waals surface area contributed by atoms with Crippen LogP contribution in [0.2, 0.25) is 13.3 Å². The fraction of sp³-hybridized carbons (Fsp3) is 0.684. The van der Waals surface area contributed by atoms with Gasteiger partial charge in [-0.15, -0.1) is 0 Å². The summed E-state index contributed by atoms with van der Waals surface area (Å²) in [5.74, 6) is 0. The third-order valence-corrected chi connectivity index (χ3v) is 25.7. The molecule has 1 aliphatic carbocycles. The van der Waals surface area contributed by atoms with Gasteiger partial charge in [-0.25, -0.2) is 0 Å². The summed E-state index contributed by atoms with van der Waals surface area (Å²) < 4.78 is 6.58. The number of aryl methyl sites for hydroxylation is 1. The van der Waals surface area contributed by atoms with Crippen LogP contribution in [0.15, 0.2) is 36.4 Å². The zero-order valence-electron chi connectivity index (χ0n) is 26.9. The molecule has 2 aromatic rings. The van der Waals surface area contributed by atoms with Crippen LogP contribution in [0.3, 0.4) is 0 Å². The number of benzene rings is 2. The van der Waals surface area contributed by atoms with Gasteiger partial charge in [0.1, 0.15) is 0 Å². The predicted molar refractivity (Wildman–Crippen MR) is 179 cm³/mol. The Balaban J connectivity index is 2.17. The van der Waals surface area contributed by atoms with Crippen LogP contribution in [0.4, 0.5) is 0 Å². The molecule has 0 heterocycles. The molecule has 1 aliphatic rings. The second-order valence-electron chi connectivity index (χ2n) is 13.1.